The summed E-state index contributed by atoms with van der Waals surface area (Å²) in [5, 5.41) is 0. The summed E-state index contributed by atoms with van der Waals surface area (Å²) in [6.45, 7) is 0. The number of hydrogen-bond donors (Lipinski definition) is 0. The Bertz CT molecular complexity index is 1350. The van der Waals surface area contributed by atoms with E-state index in [1.807, 2.05) is 103 Å². The monoisotopic (exact) mass is 458 g/mol. The zero-order valence-electron chi connectivity index (χ0n) is 19.4. The van der Waals surface area contributed by atoms with Gasteiger partial charge in [0.25, 0.3) is 0 Å². The van der Waals surface area contributed by atoms with E-state index in [-0.39, 0.29) is 5.78 Å². The van der Waals surface area contributed by atoms with Gasteiger partial charge in [0.05, 0.1) is 0 Å². The van der Waals surface area contributed by atoms with Crippen molar-refractivity contribution in [3.63, 3.8) is 0 Å². The van der Waals surface area contributed by atoms with Gasteiger partial charge in [-0.15, -0.1) is 0 Å². The number of Topliss-reactive ketones (excluding diaryl/α,β-unsaturated/α-hetero) is 2. The SMILES string of the molecule is O=C1/C(=C/c2ccccc2)Cc2ccccc21.O=C1CCc2ccccc21.O=Cc1ccccc1. The summed E-state index contributed by atoms with van der Waals surface area (Å²) in [4.78, 5) is 33.2. The van der Waals surface area contributed by atoms with Crippen LogP contribution in [0.15, 0.2) is 115 Å². The quantitative estimate of drug-likeness (QED) is 0.245. The van der Waals surface area contributed by atoms with Gasteiger partial charge >= 0.3 is 0 Å². The van der Waals surface area contributed by atoms with E-state index in [0.29, 0.717) is 12.2 Å². The van der Waals surface area contributed by atoms with Crippen LogP contribution >= 0.6 is 0 Å². The van der Waals surface area contributed by atoms with Crippen LogP contribution in [0.4, 0.5) is 0 Å². The number of rotatable bonds is 2. The summed E-state index contributed by atoms with van der Waals surface area (Å²) < 4.78 is 0. The molecule has 0 heterocycles. The first-order valence-electron chi connectivity index (χ1n) is 11.7. The van der Waals surface area contributed by atoms with Gasteiger partial charge in [-0.05, 0) is 29.2 Å². The topological polar surface area (TPSA) is 51.2 Å². The van der Waals surface area contributed by atoms with E-state index in [4.69, 9.17) is 0 Å². The molecule has 0 atom stereocenters. The Balaban J connectivity index is 0.000000136. The third-order valence-electron chi connectivity index (χ3n) is 5.95. The summed E-state index contributed by atoms with van der Waals surface area (Å²) in [5.74, 6) is 0.472. The Kier molecular flexibility index (Phi) is 7.92. The molecular formula is C32H26O3. The smallest absolute Gasteiger partial charge is 0.189 e. The Morgan fingerprint density at radius 2 is 1.09 bits per heavy atom. The average molecular weight is 459 g/mol. The van der Waals surface area contributed by atoms with Crippen LogP contribution in [0.3, 0.4) is 0 Å². The third-order valence-corrected chi connectivity index (χ3v) is 5.95. The number of carbonyl (C=O) groups is 3. The lowest BCUT2D eigenvalue weighted by atomic mass is 10.1. The molecule has 6 rings (SSSR count). The molecule has 0 aliphatic heterocycles. The first-order valence-corrected chi connectivity index (χ1v) is 11.7. The maximum Gasteiger partial charge on any atom is 0.189 e. The number of ketones is 2. The van der Waals surface area contributed by atoms with Crippen molar-refractivity contribution in [3.05, 3.63) is 148 Å². The van der Waals surface area contributed by atoms with E-state index in [1.165, 1.54) is 5.56 Å². The molecule has 0 amide bonds. The number of aldehydes is 1. The van der Waals surface area contributed by atoms with Crippen LogP contribution < -0.4 is 0 Å². The van der Waals surface area contributed by atoms with Crippen LogP contribution in [0.25, 0.3) is 6.08 Å². The standard InChI is InChI=1S/C16H12O.C9H8O.C7H6O/c17-16-14(10-12-6-2-1-3-7-12)11-13-8-4-5-9-15(13)16;10-9-6-5-7-3-1-2-4-8(7)9;8-6-7-4-2-1-3-5-7/h1-10H,11H2;1-4H,5-6H2;1-6H/b14-10+;;. The van der Waals surface area contributed by atoms with Crippen molar-refractivity contribution in [1.29, 1.82) is 0 Å². The maximum absolute atomic E-state index is 12.1. The van der Waals surface area contributed by atoms with Gasteiger partial charge in [-0.3, -0.25) is 14.4 Å². The minimum Gasteiger partial charge on any atom is -0.298 e. The number of allylic oxidation sites excluding steroid dienone is 1. The second-order valence-electron chi connectivity index (χ2n) is 8.35. The highest BCUT2D eigenvalue weighted by Gasteiger charge is 2.23. The molecule has 0 saturated heterocycles. The number of hydrogen-bond acceptors (Lipinski definition) is 3. The van der Waals surface area contributed by atoms with Crippen molar-refractivity contribution in [1.82, 2.24) is 0 Å². The Morgan fingerprint density at radius 1 is 0.543 bits per heavy atom. The van der Waals surface area contributed by atoms with Crippen LogP contribution in [-0.4, -0.2) is 17.9 Å². The van der Waals surface area contributed by atoms with E-state index >= 15 is 0 Å². The second-order valence-corrected chi connectivity index (χ2v) is 8.35. The van der Waals surface area contributed by atoms with E-state index in [0.717, 1.165) is 52.5 Å². The lowest BCUT2D eigenvalue weighted by Gasteiger charge is -1.95. The normalized spacial score (nSPS) is 14.2. The molecule has 0 spiro atoms. The summed E-state index contributed by atoms with van der Waals surface area (Å²) in [6, 6.07) is 34.8. The molecule has 0 bridgehead atoms. The van der Waals surface area contributed by atoms with Crippen LogP contribution in [0.5, 0.6) is 0 Å². The molecule has 35 heavy (non-hydrogen) atoms. The van der Waals surface area contributed by atoms with Crippen molar-refractivity contribution in [2.75, 3.05) is 0 Å². The van der Waals surface area contributed by atoms with Crippen molar-refractivity contribution in [3.8, 4) is 0 Å². The van der Waals surface area contributed by atoms with Crippen molar-refractivity contribution in [2.45, 2.75) is 19.3 Å². The first-order chi connectivity index (χ1) is 17.2. The predicted octanol–water partition coefficient (Wildman–Crippen LogP) is 6.82. The summed E-state index contributed by atoms with van der Waals surface area (Å²) in [6.07, 6.45) is 5.22. The van der Waals surface area contributed by atoms with E-state index < -0.39 is 0 Å². The Morgan fingerprint density at radius 3 is 1.66 bits per heavy atom. The van der Waals surface area contributed by atoms with Gasteiger partial charge < -0.3 is 0 Å². The second kappa shape index (κ2) is 11.7. The highest BCUT2D eigenvalue weighted by atomic mass is 16.1. The lowest BCUT2D eigenvalue weighted by Crippen LogP contribution is -1.94. The van der Waals surface area contributed by atoms with Gasteiger partial charge in [-0.1, -0.05) is 109 Å². The van der Waals surface area contributed by atoms with Gasteiger partial charge in [0, 0.05) is 35.1 Å². The zero-order chi connectivity index (χ0) is 24.5. The van der Waals surface area contributed by atoms with Crippen LogP contribution in [-0.2, 0) is 12.8 Å². The molecule has 4 aromatic carbocycles. The Labute approximate surface area is 205 Å². The molecule has 0 N–H and O–H groups in total. The van der Waals surface area contributed by atoms with E-state index in [2.05, 4.69) is 0 Å². The van der Waals surface area contributed by atoms with Gasteiger partial charge in [0.1, 0.15) is 6.29 Å². The van der Waals surface area contributed by atoms with E-state index in [9.17, 15) is 14.4 Å². The molecule has 0 aromatic heterocycles. The molecule has 2 aliphatic carbocycles. The fourth-order valence-corrected chi connectivity index (χ4v) is 4.15. The van der Waals surface area contributed by atoms with Gasteiger partial charge in [-0.2, -0.15) is 0 Å². The zero-order valence-corrected chi connectivity index (χ0v) is 19.4. The third kappa shape index (κ3) is 6.15. The largest absolute Gasteiger partial charge is 0.298 e. The molecule has 2 aliphatic rings. The van der Waals surface area contributed by atoms with Gasteiger partial charge in [0.2, 0.25) is 0 Å². The van der Waals surface area contributed by atoms with Gasteiger partial charge in [0.15, 0.2) is 11.6 Å². The fourth-order valence-electron chi connectivity index (χ4n) is 4.15. The van der Waals surface area contributed by atoms with Crippen LogP contribution in [0, 0.1) is 0 Å². The molecule has 172 valence electrons. The van der Waals surface area contributed by atoms with Crippen LogP contribution in [0.2, 0.25) is 0 Å². The highest BCUT2D eigenvalue weighted by Crippen LogP contribution is 2.27. The van der Waals surface area contributed by atoms with Crippen molar-refractivity contribution < 1.29 is 14.4 Å². The number of aryl methyl sites for hydroxylation is 1. The average Bonchev–Trinajstić information content (AvgIpc) is 3.45. The molecule has 0 fully saturated rings. The summed E-state index contributed by atoms with van der Waals surface area (Å²) >= 11 is 0. The minimum absolute atomic E-state index is 0.171. The predicted molar refractivity (Wildman–Crippen MR) is 140 cm³/mol. The summed E-state index contributed by atoms with van der Waals surface area (Å²) in [5.41, 5.74) is 6.85. The lowest BCUT2D eigenvalue weighted by molar-refractivity contribution is 0.0993. The number of benzene rings is 4. The van der Waals surface area contributed by atoms with Gasteiger partial charge in [-0.25, -0.2) is 0 Å². The molecule has 0 saturated carbocycles. The first kappa shape index (κ1) is 23.8. The van der Waals surface area contributed by atoms with E-state index in [1.54, 1.807) is 12.1 Å². The molecule has 0 radical (unpaired) electrons. The van der Waals surface area contributed by atoms with Crippen LogP contribution in [0.1, 0.15) is 54.2 Å². The molecule has 4 aromatic rings. The number of carbonyl (C=O) groups excluding carboxylic acids is 3. The van der Waals surface area contributed by atoms with Crippen molar-refractivity contribution >= 4 is 23.9 Å². The molecular weight excluding hydrogens is 432 g/mol. The molecule has 3 heteroatoms. The summed E-state index contributed by atoms with van der Waals surface area (Å²) in [7, 11) is 0. The number of fused-ring (bicyclic) bond motifs is 2. The highest BCUT2D eigenvalue weighted by molar-refractivity contribution is 6.15. The fraction of sp³-hybridized carbons (Fsp3) is 0.0938. The minimum atomic E-state index is 0.171. The Hall–Kier alpha value is -4.37. The maximum atomic E-state index is 12.1. The molecule has 3 nitrogen and oxygen atoms in total. The molecule has 0 unspecified atom stereocenters. The van der Waals surface area contributed by atoms with Crippen molar-refractivity contribution in [2.24, 2.45) is 0 Å².